The van der Waals surface area contributed by atoms with Gasteiger partial charge in [-0.05, 0) is 61.9 Å². The average Bonchev–Trinajstić information content (AvgIpc) is 2.99. The molecule has 1 aliphatic rings. The maximum Gasteiger partial charge on any atom is 0.272 e. The van der Waals surface area contributed by atoms with Crippen LogP contribution in [0, 0.1) is 25.6 Å². The number of hydrogen-bond donors (Lipinski definition) is 0. The molecule has 0 N–H and O–H groups in total. The highest BCUT2D eigenvalue weighted by Gasteiger charge is 2.27. The van der Waals surface area contributed by atoms with Gasteiger partial charge in [0.05, 0.1) is 0 Å². The summed E-state index contributed by atoms with van der Waals surface area (Å²) in [7, 11) is 0. The third kappa shape index (κ3) is 3.58. The lowest BCUT2D eigenvalue weighted by molar-refractivity contribution is 0.0781. The second kappa shape index (κ2) is 6.49. The number of nitrogens with zero attached hydrogens (tertiary/aromatic N) is 2. The van der Waals surface area contributed by atoms with Gasteiger partial charge in [-0.2, -0.15) is 0 Å². The largest absolute Gasteiger partial charge is 0.337 e. The Morgan fingerprint density at radius 2 is 2.13 bits per heavy atom. The smallest absolute Gasteiger partial charge is 0.272 e. The number of likely N-dealkylation sites (tertiary alicyclic amines) is 1. The lowest BCUT2D eigenvalue weighted by atomic mass is 9.97. The zero-order chi connectivity index (χ0) is 16.4. The van der Waals surface area contributed by atoms with E-state index in [1.54, 1.807) is 13.0 Å². The van der Waals surface area contributed by atoms with E-state index in [9.17, 15) is 9.18 Å². The van der Waals surface area contributed by atoms with Crippen LogP contribution >= 0.6 is 0 Å². The Morgan fingerprint density at radius 1 is 1.30 bits per heavy atom. The quantitative estimate of drug-likeness (QED) is 0.868. The highest BCUT2D eigenvalue weighted by atomic mass is 19.1. The third-order valence-corrected chi connectivity index (χ3v) is 4.43. The minimum atomic E-state index is -0.164. The second-order valence-corrected chi connectivity index (χ2v) is 6.36. The van der Waals surface area contributed by atoms with Crippen molar-refractivity contribution in [1.29, 1.82) is 0 Å². The summed E-state index contributed by atoms with van der Waals surface area (Å²) in [4.78, 5) is 18.7. The zero-order valence-electron chi connectivity index (χ0n) is 13.6. The van der Waals surface area contributed by atoms with E-state index >= 15 is 0 Å². The molecule has 2 aromatic rings. The van der Waals surface area contributed by atoms with Gasteiger partial charge < -0.3 is 4.90 Å². The van der Waals surface area contributed by atoms with Crippen LogP contribution in [0.5, 0.6) is 0 Å². The van der Waals surface area contributed by atoms with Gasteiger partial charge in [-0.15, -0.1) is 0 Å². The third-order valence-electron chi connectivity index (χ3n) is 4.43. The number of aromatic nitrogens is 1. The fourth-order valence-electron chi connectivity index (χ4n) is 3.17. The topological polar surface area (TPSA) is 33.2 Å². The number of pyridine rings is 1. The Kier molecular flexibility index (Phi) is 4.42. The van der Waals surface area contributed by atoms with Gasteiger partial charge >= 0.3 is 0 Å². The van der Waals surface area contributed by atoms with Crippen molar-refractivity contribution in [3.63, 3.8) is 0 Å². The van der Waals surface area contributed by atoms with E-state index in [0.29, 0.717) is 17.2 Å². The summed E-state index contributed by atoms with van der Waals surface area (Å²) in [5, 5.41) is 0. The van der Waals surface area contributed by atoms with Crippen LogP contribution in [0.1, 0.15) is 33.7 Å². The molecule has 1 aliphatic heterocycles. The first-order valence-corrected chi connectivity index (χ1v) is 8.01. The fourth-order valence-corrected chi connectivity index (χ4v) is 3.17. The van der Waals surface area contributed by atoms with E-state index in [1.807, 2.05) is 36.1 Å². The SMILES string of the molecule is Cc1cccc(C(=O)N2CCC(Cc3ccc(F)c(C)c3)C2)n1. The molecular formula is C19H21FN2O. The minimum Gasteiger partial charge on any atom is -0.337 e. The van der Waals surface area contributed by atoms with Gasteiger partial charge in [0.25, 0.3) is 5.91 Å². The van der Waals surface area contributed by atoms with Crippen LogP contribution in [-0.2, 0) is 6.42 Å². The maximum absolute atomic E-state index is 13.3. The van der Waals surface area contributed by atoms with Crippen molar-refractivity contribution in [3.05, 3.63) is 64.7 Å². The highest BCUT2D eigenvalue weighted by molar-refractivity contribution is 5.92. The fraction of sp³-hybridized carbons (Fsp3) is 0.368. The molecule has 1 fully saturated rings. The van der Waals surface area contributed by atoms with Crippen LogP contribution in [0.4, 0.5) is 4.39 Å². The van der Waals surface area contributed by atoms with E-state index < -0.39 is 0 Å². The second-order valence-electron chi connectivity index (χ2n) is 6.36. The van der Waals surface area contributed by atoms with Crippen LogP contribution in [-0.4, -0.2) is 28.9 Å². The van der Waals surface area contributed by atoms with E-state index in [-0.39, 0.29) is 11.7 Å². The molecule has 0 spiro atoms. The molecular weight excluding hydrogens is 291 g/mol. The lowest BCUT2D eigenvalue weighted by Crippen LogP contribution is -2.29. The Morgan fingerprint density at radius 3 is 2.87 bits per heavy atom. The first kappa shape index (κ1) is 15.7. The number of amides is 1. The molecule has 0 aliphatic carbocycles. The van der Waals surface area contributed by atoms with Crippen molar-refractivity contribution in [2.75, 3.05) is 13.1 Å². The normalized spacial score (nSPS) is 17.5. The summed E-state index contributed by atoms with van der Waals surface area (Å²) < 4.78 is 13.3. The first-order chi connectivity index (χ1) is 11.0. The van der Waals surface area contributed by atoms with Crippen molar-refractivity contribution in [2.45, 2.75) is 26.7 Å². The minimum absolute atomic E-state index is 0.00601. The van der Waals surface area contributed by atoms with E-state index in [4.69, 9.17) is 0 Å². The molecule has 120 valence electrons. The first-order valence-electron chi connectivity index (χ1n) is 8.01. The number of aryl methyl sites for hydroxylation is 2. The summed E-state index contributed by atoms with van der Waals surface area (Å²) >= 11 is 0. The van der Waals surface area contributed by atoms with Gasteiger partial charge in [0.15, 0.2) is 0 Å². The maximum atomic E-state index is 13.3. The standard InChI is InChI=1S/C19H21FN2O/c1-13-10-15(6-7-17(13)20)11-16-8-9-22(12-16)19(23)18-5-3-4-14(2)21-18/h3-7,10,16H,8-9,11-12H2,1-2H3. The molecule has 2 heterocycles. The number of halogens is 1. The Balaban J connectivity index is 1.64. The molecule has 0 bridgehead atoms. The average molecular weight is 312 g/mol. The summed E-state index contributed by atoms with van der Waals surface area (Å²) in [5.41, 5.74) is 3.19. The molecule has 1 aromatic heterocycles. The number of rotatable bonds is 3. The molecule has 0 saturated carbocycles. The van der Waals surface area contributed by atoms with Crippen molar-refractivity contribution in [1.82, 2.24) is 9.88 Å². The molecule has 1 atom stereocenters. The van der Waals surface area contributed by atoms with E-state index in [1.165, 1.54) is 6.07 Å². The van der Waals surface area contributed by atoms with Crippen LogP contribution < -0.4 is 0 Å². The molecule has 1 saturated heterocycles. The van der Waals surface area contributed by atoms with Gasteiger partial charge in [-0.25, -0.2) is 9.37 Å². The van der Waals surface area contributed by atoms with E-state index in [0.717, 1.165) is 37.2 Å². The molecule has 1 unspecified atom stereocenters. The summed E-state index contributed by atoms with van der Waals surface area (Å²) in [6, 6.07) is 10.8. The predicted octanol–water partition coefficient (Wildman–Crippen LogP) is 3.54. The number of carbonyl (C=O) groups excluding carboxylic acids is 1. The van der Waals surface area contributed by atoms with Gasteiger partial charge in [-0.1, -0.05) is 18.2 Å². The summed E-state index contributed by atoms with van der Waals surface area (Å²) in [5.74, 6) is 0.266. The zero-order valence-corrected chi connectivity index (χ0v) is 13.6. The molecule has 0 radical (unpaired) electrons. The van der Waals surface area contributed by atoms with Gasteiger partial charge in [0.2, 0.25) is 0 Å². The molecule has 23 heavy (non-hydrogen) atoms. The monoisotopic (exact) mass is 312 g/mol. The van der Waals surface area contributed by atoms with Gasteiger partial charge in [0, 0.05) is 18.8 Å². The van der Waals surface area contributed by atoms with E-state index in [2.05, 4.69) is 4.98 Å². The lowest BCUT2D eigenvalue weighted by Gasteiger charge is -2.16. The Bertz CT molecular complexity index is 729. The van der Waals surface area contributed by atoms with Gasteiger partial charge in [-0.3, -0.25) is 4.79 Å². The van der Waals surface area contributed by atoms with Crippen LogP contribution in [0.2, 0.25) is 0 Å². The molecule has 1 amide bonds. The van der Waals surface area contributed by atoms with Crippen molar-refractivity contribution in [3.8, 4) is 0 Å². The Labute approximate surface area is 136 Å². The van der Waals surface area contributed by atoms with Crippen molar-refractivity contribution in [2.24, 2.45) is 5.92 Å². The molecule has 3 rings (SSSR count). The Hall–Kier alpha value is -2.23. The van der Waals surface area contributed by atoms with Crippen LogP contribution in [0.25, 0.3) is 0 Å². The molecule has 4 heteroatoms. The van der Waals surface area contributed by atoms with Crippen LogP contribution in [0.3, 0.4) is 0 Å². The highest BCUT2D eigenvalue weighted by Crippen LogP contribution is 2.23. The molecule has 1 aromatic carbocycles. The molecule has 3 nitrogen and oxygen atoms in total. The number of carbonyl (C=O) groups is 1. The van der Waals surface area contributed by atoms with Crippen molar-refractivity contribution >= 4 is 5.91 Å². The number of hydrogen-bond acceptors (Lipinski definition) is 2. The van der Waals surface area contributed by atoms with Crippen molar-refractivity contribution < 1.29 is 9.18 Å². The summed E-state index contributed by atoms with van der Waals surface area (Å²) in [6.07, 6.45) is 1.86. The van der Waals surface area contributed by atoms with Gasteiger partial charge in [0.1, 0.15) is 11.5 Å². The number of benzene rings is 1. The van der Waals surface area contributed by atoms with Crippen LogP contribution in [0.15, 0.2) is 36.4 Å². The summed E-state index contributed by atoms with van der Waals surface area (Å²) in [6.45, 7) is 5.18. The predicted molar refractivity (Wildman–Crippen MR) is 87.8 cm³/mol.